The second-order valence-corrected chi connectivity index (χ2v) is 6.57. The molecule has 0 aromatic heterocycles. The van der Waals surface area contributed by atoms with E-state index in [4.69, 9.17) is 0 Å². The standard InChI is InChI=1S/C16H34N2/c1-7-13-10-9-11-14(12-13)15(17-4)16(3,8-2)18(5)6/h13-15,17H,7-12H2,1-6H3. The van der Waals surface area contributed by atoms with Crippen molar-refractivity contribution >= 4 is 0 Å². The second-order valence-electron chi connectivity index (χ2n) is 6.57. The van der Waals surface area contributed by atoms with Crippen LogP contribution in [0, 0.1) is 11.8 Å². The summed E-state index contributed by atoms with van der Waals surface area (Å²) in [6, 6.07) is 0.617. The van der Waals surface area contributed by atoms with Crippen molar-refractivity contribution in [2.45, 2.75) is 70.9 Å². The molecule has 1 aliphatic carbocycles. The lowest BCUT2D eigenvalue weighted by molar-refractivity contribution is 0.0621. The molecule has 1 rings (SSSR count). The van der Waals surface area contributed by atoms with Crippen LogP contribution in [0.25, 0.3) is 0 Å². The van der Waals surface area contributed by atoms with E-state index in [1.807, 2.05) is 0 Å². The first-order chi connectivity index (χ1) is 8.49. The van der Waals surface area contributed by atoms with Crippen molar-refractivity contribution in [2.24, 2.45) is 11.8 Å². The van der Waals surface area contributed by atoms with Gasteiger partial charge in [0.25, 0.3) is 0 Å². The highest BCUT2D eigenvalue weighted by atomic mass is 15.2. The lowest BCUT2D eigenvalue weighted by Gasteiger charge is -2.48. The molecule has 4 unspecified atom stereocenters. The topological polar surface area (TPSA) is 15.3 Å². The summed E-state index contributed by atoms with van der Waals surface area (Å²) in [4.78, 5) is 2.42. The van der Waals surface area contributed by atoms with Gasteiger partial charge in [-0.15, -0.1) is 0 Å². The van der Waals surface area contributed by atoms with Gasteiger partial charge in [-0.25, -0.2) is 0 Å². The maximum absolute atomic E-state index is 3.65. The maximum Gasteiger partial charge on any atom is 0.0328 e. The van der Waals surface area contributed by atoms with E-state index in [0.29, 0.717) is 6.04 Å². The zero-order valence-electron chi connectivity index (χ0n) is 13.4. The molecular weight excluding hydrogens is 220 g/mol. The molecule has 0 amide bonds. The second kappa shape index (κ2) is 6.91. The van der Waals surface area contributed by atoms with Gasteiger partial charge >= 0.3 is 0 Å². The summed E-state index contributed by atoms with van der Waals surface area (Å²) in [5.41, 5.74) is 0.273. The fourth-order valence-corrected chi connectivity index (χ4v) is 3.87. The Bertz CT molecular complexity index is 239. The monoisotopic (exact) mass is 254 g/mol. The largest absolute Gasteiger partial charge is 0.315 e. The third kappa shape index (κ3) is 3.27. The molecule has 0 aliphatic heterocycles. The molecule has 108 valence electrons. The highest BCUT2D eigenvalue weighted by molar-refractivity contribution is 4.98. The van der Waals surface area contributed by atoms with Crippen molar-refractivity contribution in [2.75, 3.05) is 21.1 Å². The zero-order valence-corrected chi connectivity index (χ0v) is 13.4. The summed E-state index contributed by atoms with van der Waals surface area (Å²) in [6.45, 7) is 7.10. The van der Waals surface area contributed by atoms with Gasteiger partial charge in [-0.2, -0.15) is 0 Å². The highest BCUT2D eigenvalue weighted by Gasteiger charge is 2.40. The van der Waals surface area contributed by atoms with Gasteiger partial charge < -0.3 is 10.2 Å². The van der Waals surface area contributed by atoms with Gasteiger partial charge in [-0.1, -0.05) is 33.1 Å². The molecular formula is C16H34N2. The first kappa shape index (κ1) is 16.0. The van der Waals surface area contributed by atoms with E-state index < -0.39 is 0 Å². The van der Waals surface area contributed by atoms with Crippen LogP contribution in [0.4, 0.5) is 0 Å². The molecule has 0 bridgehead atoms. The molecule has 0 radical (unpaired) electrons. The number of nitrogens with one attached hydrogen (secondary N) is 1. The van der Waals surface area contributed by atoms with Crippen LogP contribution in [0.15, 0.2) is 0 Å². The number of rotatable bonds is 6. The normalized spacial score (nSPS) is 30.2. The molecule has 1 fully saturated rings. The van der Waals surface area contributed by atoms with Crippen LogP contribution in [0.5, 0.6) is 0 Å². The minimum Gasteiger partial charge on any atom is -0.315 e. The fraction of sp³-hybridized carbons (Fsp3) is 1.00. The van der Waals surface area contributed by atoms with Gasteiger partial charge in [0.05, 0.1) is 0 Å². The van der Waals surface area contributed by atoms with Gasteiger partial charge in [0.1, 0.15) is 0 Å². The van der Waals surface area contributed by atoms with E-state index >= 15 is 0 Å². The van der Waals surface area contributed by atoms with Crippen molar-refractivity contribution in [1.82, 2.24) is 10.2 Å². The molecule has 2 nitrogen and oxygen atoms in total. The van der Waals surface area contributed by atoms with Gasteiger partial charge in [0.2, 0.25) is 0 Å². The Balaban J connectivity index is 2.81. The molecule has 2 heteroatoms. The van der Waals surface area contributed by atoms with Gasteiger partial charge in [-0.3, -0.25) is 0 Å². The first-order valence-corrected chi connectivity index (χ1v) is 7.84. The highest BCUT2D eigenvalue weighted by Crippen LogP contribution is 2.37. The number of likely N-dealkylation sites (N-methyl/N-ethyl adjacent to an activating group) is 2. The third-order valence-electron chi connectivity index (χ3n) is 5.59. The SMILES string of the molecule is CCC1CCCC(C(NC)C(C)(CC)N(C)C)C1. The van der Waals surface area contributed by atoms with Gasteiger partial charge in [0, 0.05) is 11.6 Å². The van der Waals surface area contributed by atoms with E-state index in [1.165, 1.54) is 38.5 Å². The molecule has 1 N–H and O–H groups in total. The molecule has 0 aromatic rings. The summed E-state index contributed by atoms with van der Waals surface area (Å²) in [5.74, 6) is 1.81. The molecule has 0 spiro atoms. The van der Waals surface area contributed by atoms with Crippen LogP contribution >= 0.6 is 0 Å². The molecule has 1 saturated carbocycles. The Morgan fingerprint density at radius 1 is 1.28 bits per heavy atom. The lowest BCUT2D eigenvalue weighted by Crippen LogP contribution is -2.59. The van der Waals surface area contributed by atoms with Gasteiger partial charge in [0.15, 0.2) is 0 Å². The molecule has 0 aromatic carbocycles. The van der Waals surface area contributed by atoms with E-state index in [0.717, 1.165) is 11.8 Å². The Morgan fingerprint density at radius 2 is 1.94 bits per heavy atom. The Kier molecular flexibility index (Phi) is 6.13. The Labute approximate surface area is 115 Å². The number of hydrogen-bond donors (Lipinski definition) is 1. The van der Waals surface area contributed by atoms with Crippen molar-refractivity contribution in [3.63, 3.8) is 0 Å². The van der Waals surface area contributed by atoms with E-state index in [-0.39, 0.29) is 5.54 Å². The number of hydrogen-bond acceptors (Lipinski definition) is 2. The lowest BCUT2D eigenvalue weighted by atomic mass is 9.70. The predicted molar refractivity (Wildman–Crippen MR) is 81.0 cm³/mol. The number of nitrogens with zero attached hydrogens (tertiary/aromatic N) is 1. The van der Waals surface area contributed by atoms with Crippen LogP contribution in [-0.4, -0.2) is 37.6 Å². The van der Waals surface area contributed by atoms with E-state index in [9.17, 15) is 0 Å². The van der Waals surface area contributed by atoms with Crippen molar-refractivity contribution in [3.8, 4) is 0 Å². The van der Waals surface area contributed by atoms with Crippen molar-refractivity contribution < 1.29 is 0 Å². The molecule has 0 heterocycles. The summed E-state index contributed by atoms with van der Waals surface area (Å²) in [7, 11) is 6.61. The Hall–Kier alpha value is -0.0800. The van der Waals surface area contributed by atoms with Gasteiger partial charge in [-0.05, 0) is 59.2 Å². The summed E-state index contributed by atoms with van der Waals surface area (Å²) in [5, 5.41) is 3.65. The average Bonchev–Trinajstić information content (AvgIpc) is 2.39. The molecule has 4 atom stereocenters. The first-order valence-electron chi connectivity index (χ1n) is 7.84. The summed E-state index contributed by atoms with van der Waals surface area (Å²) in [6.07, 6.45) is 8.27. The summed E-state index contributed by atoms with van der Waals surface area (Å²) >= 11 is 0. The van der Waals surface area contributed by atoms with Crippen LogP contribution in [0.3, 0.4) is 0 Å². The minimum absolute atomic E-state index is 0.273. The van der Waals surface area contributed by atoms with E-state index in [1.54, 1.807) is 0 Å². The molecule has 0 saturated heterocycles. The quantitative estimate of drug-likeness (QED) is 0.780. The van der Waals surface area contributed by atoms with Crippen LogP contribution in [0.2, 0.25) is 0 Å². The van der Waals surface area contributed by atoms with Crippen molar-refractivity contribution in [3.05, 3.63) is 0 Å². The minimum atomic E-state index is 0.273. The van der Waals surface area contributed by atoms with Crippen LogP contribution in [0.1, 0.15) is 59.3 Å². The van der Waals surface area contributed by atoms with E-state index in [2.05, 4.69) is 52.1 Å². The predicted octanol–water partition coefficient (Wildman–Crippen LogP) is 3.52. The Morgan fingerprint density at radius 3 is 2.39 bits per heavy atom. The smallest absolute Gasteiger partial charge is 0.0328 e. The average molecular weight is 254 g/mol. The maximum atomic E-state index is 3.65. The van der Waals surface area contributed by atoms with Crippen LogP contribution in [-0.2, 0) is 0 Å². The molecule has 1 aliphatic rings. The third-order valence-corrected chi connectivity index (χ3v) is 5.59. The van der Waals surface area contributed by atoms with Crippen molar-refractivity contribution in [1.29, 1.82) is 0 Å². The summed E-state index contributed by atoms with van der Waals surface area (Å²) < 4.78 is 0. The van der Waals surface area contributed by atoms with Crippen LogP contribution < -0.4 is 5.32 Å². The fourth-order valence-electron chi connectivity index (χ4n) is 3.87. The zero-order chi connectivity index (χ0) is 13.8. The molecule has 18 heavy (non-hydrogen) atoms.